The molecule has 0 spiro atoms. The van der Waals surface area contributed by atoms with Gasteiger partial charge in [-0.15, -0.1) is 11.8 Å². The number of amides is 2. The van der Waals surface area contributed by atoms with Crippen LogP contribution in [-0.2, 0) is 17.1 Å². The summed E-state index contributed by atoms with van der Waals surface area (Å²) < 4.78 is 10.6. The lowest BCUT2D eigenvalue weighted by Gasteiger charge is -2.19. The lowest BCUT2D eigenvalue weighted by atomic mass is 9.95. The van der Waals surface area contributed by atoms with Crippen LogP contribution in [-0.4, -0.2) is 26.0 Å². The number of rotatable bonds is 9. The molecule has 0 aromatic heterocycles. The van der Waals surface area contributed by atoms with Crippen molar-refractivity contribution in [1.82, 2.24) is 5.32 Å². The maximum atomic E-state index is 12.8. The van der Waals surface area contributed by atoms with Gasteiger partial charge in [0.2, 0.25) is 5.91 Å². The molecule has 0 aliphatic rings. The molecule has 0 fully saturated rings. The maximum Gasteiger partial charge on any atom is 0.251 e. The molecule has 35 heavy (non-hydrogen) atoms. The Balaban J connectivity index is 1.63. The van der Waals surface area contributed by atoms with Crippen molar-refractivity contribution < 1.29 is 19.1 Å². The zero-order valence-electron chi connectivity index (χ0n) is 20.8. The van der Waals surface area contributed by atoms with Crippen LogP contribution in [0.15, 0.2) is 71.6 Å². The number of thioether (sulfide) groups is 1. The SMILES string of the molecule is COc1ccc(CNC(=O)c2cccc(CSc3ccccc3NC(=O)C(C)(C)C)c2)cc1OC. The smallest absolute Gasteiger partial charge is 0.251 e. The Labute approximate surface area is 211 Å². The third-order valence-corrected chi connectivity index (χ3v) is 6.45. The number of anilines is 1. The average Bonchev–Trinajstić information content (AvgIpc) is 2.86. The first-order chi connectivity index (χ1) is 16.7. The predicted molar refractivity (Wildman–Crippen MR) is 141 cm³/mol. The van der Waals surface area contributed by atoms with Gasteiger partial charge in [-0.25, -0.2) is 0 Å². The van der Waals surface area contributed by atoms with Crippen LogP contribution >= 0.6 is 11.8 Å². The van der Waals surface area contributed by atoms with Crippen molar-refractivity contribution in [3.63, 3.8) is 0 Å². The molecule has 0 saturated carbocycles. The molecular formula is C28H32N2O4S. The summed E-state index contributed by atoms with van der Waals surface area (Å²) in [6.45, 7) is 6.04. The van der Waals surface area contributed by atoms with Crippen LogP contribution in [0.2, 0.25) is 0 Å². The maximum absolute atomic E-state index is 12.8. The van der Waals surface area contributed by atoms with Gasteiger partial charge in [0.05, 0.1) is 19.9 Å². The summed E-state index contributed by atoms with van der Waals surface area (Å²) in [5.41, 5.74) is 2.85. The minimum Gasteiger partial charge on any atom is -0.493 e. The Hall–Kier alpha value is -3.45. The summed E-state index contributed by atoms with van der Waals surface area (Å²) in [5, 5.41) is 5.98. The molecular weight excluding hydrogens is 460 g/mol. The lowest BCUT2D eigenvalue weighted by molar-refractivity contribution is -0.123. The van der Waals surface area contributed by atoms with E-state index >= 15 is 0 Å². The van der Waals surface area contributed by atoms with Crippen molar-refractivity contribution in [3.05, 3.63) is 83.4 Å². The second kappa shape index (κ2) is 11.8. The first-order valence-electron chi connectivity index (χ1n) is 11.3. The molecule has 0 aliphatic heterocycles. The van der Waals surface area contributed by atoms with Gasteiger partial charge in [0.1, 0.15) is 0 Å². The third-order valence-electron chi connectivity index (χ3n) is 5.30. The highest BCUT2D eigenvalue weighted by atomic mass is 32.2. The molecule has 0 unspecified atom stereocenters. The zero-order chi connectivity index (χ0) is 25.4. The molecule has 0 heterocycles. The fourth-order valence-corrected chi connectivity index (χ4v) is 4.20. The Morgan fingerprint density at radius 2 is 1.60 bits per heavy atom. The standard InChI is InChI=1S/C28H32N2O4S/c1-28(2,3)27(32)30-22-11-6-7-12-25(22)35-18-20-9-8-10-21(15-20)26(31)29-17-19-13-14-23(33-4)24(16-19)34-5/h6-16H,17-18H2,1-5H3,(H,29,31)(H,30,32). The Morgan fingerprint density at radius 3 is 2.31 bits per heavy atom. The van der Waals surface area contributed by atoms with E-state index < -0.39 is 5.41 Å². The van der Waals surface area contributed by atoms with E-state index in [2.05, 4.69) is 10.6 Å². The summed E-state index contributed by atoms with van der Waals surface area (Å²) in [4.78, 5) is 26.2. The largest absolute Gasteiger partial charge is 0.493 e. The summed E-state index contributed by atoms with van der Waals surface area (Å²) in [7, 11) is 3.17. The molecule has 3 aromatic rings. The quantitative estimate of drug-likeness (QED) is 0.363. The Morgan fingerprint density at radius 1 is 0.857 bits per heavy atom. The van der Waals surface area contributed by atoms with E-state index in [-0.39, 0.29) is 11.8 Å². The van der Waals surface area contributed by atoms with Gasteiger partial charge >= 0.3 is 0 Å². The van der Waals surface area contributed by atoms with E-state index in [0.29, 0.717) is 29.4 Å². The summed E-state index contributed by atoms with van der Waals surface area (Å²) in [5.74, 6) is 1.76. The van der Waals surface area contributed by atoms with Gasteiger partial charge in [0.15, 0.2) is 11.5 Å². The molecule has 0 aliphatic carbocycles. The van der Waals surface area contributed by atoms with Crippen LogP contribution in [0.3, 0.4) is 0 Å². The second-order valence-electron chi connectivity index (χ2n) is 9.06. The summed E-state index contributed by atoms with van der Waals surface area (Å²) in [6.07, 6.45) is 0. The average molecular weight is 493 g/mol. The number of benzene rings is 3. The molecule has 3 aromatic carbocycles. The number of carbonyl (C=O) groups is 2. The fraction of sp³-hybridized carbons (Fsp3) is 0.286. The minimum atomic E-state index is -0.476. The minimum absolute atomic E-state index is 0.0290. The molecule has 6 nitrogen and oxygen atoms in total. The van der Waals surface area contributed by atoms with Crippen molar-refractivity contribution in [1.29, 1.82) is 0 Å². The van der Waals surface area contributed by atoms with E-state index in [9.17, 15) is 9.59 Å². The Bertz CT molecular complexity index is 1190. The number of methoxy groups -OCH3 is 2. The number of ether oxygens (including phenoxy) is 2. The van der Waals surface area contributed by atoms with E-state index in [1.807, 2.05) is 81.4 Å². The number of hydrogen-bond donors (Lipinski definition) is 2. The number of nitrogens with one attached hydrogen (secondary N) is 2. The third kappa shape index (κ3) is 7.26. The molecule has 184 valence electrons. The van der Waals surface area contributed by atoms with Crippen molar-refractivity contribution in [2.45, 2.75) is 38.0 Å². The van der Waals surface area contributed by atoms with Gasteiger partial charge < -0.3 is 20.1 Å². The topological polar surface area (TPSA) is 76.7 Å². The fourth-order valence-electron chi connectivity index (χ4n) is 3.24. The van der Waals surface area contributed by atoms with Crippen LogP contribution in [0, 0.1) is 5.41 Å². The molecule has 0 saturated heterocycles. The van der Waals surface area contributed by atoms with Gasteiger partial charge in [0.25, 0.3) is 5.91 Å². The van der Waals surface area contributed by atoms with Crippen LogP contribution in [0.1, 0.15) is 42.3 Å². The molecule has 0 radical (unpaired) electrons. The molecule has 0 atom stereocenters. The first-order valence-corrected chi connectivity index (χ1v) is 12.3. The van der Waals surface area contributed by atoms with E-state index in [0.717, 1.165) is 21.7 Å². The molecule has 3 rings (SSSR count). The van der Waals surface area contributed by atoms with Crippen molar-refractivity contribution in [3.8, 4) is 11.5 Å². The van der Waals surface area contributed by atoms with Crippen molar-refractivity contribution in [2.75, 3.05) is 19.5 Å². The normalized spacial score (nSPS) is 11.0. The lowest BCUT2D eigenvalue weighted by Crippen LogP contribution is -2.27. The molecule has 0 bridgehead atoms. The number of carbonyl (C=O) groups excluding carboxylic acids is 2. The van der Waals surface area contributed by atoms with Crippen LogP contribution in [0.25, 0.3) is 0 Å². The molecule has 2 amide bonds. The van der Waals surface area contributed by atoms with Gasteiger partial charge in [-0.1, -0.05) is 51.1 Å². The monoisotopic (exact) mass is 492 g/mol. The van der Waals surface area contributed by atoms with Gasteiger partial charge in [-0.2, -0.15) is 0 Å². The van der Waals surface area contributed by atoms with Crippen LogP contribution < -0.4 is 20.1 Å². The van der Waals surface area contributed by atoms with E-state index in [1.54, 1.807) is 32.0 Å². The van der Waals surface area contributed by atoms with E-state index in [1.165, 1.54) is 0 Å². The first kappa shape index (κ1) is 26.2. The van der Waals surface area contributed by atoms with Crippen LogP contribution in [0.4, 0.5) is 5.69 Å². The highest BCUT2D eigenvalue weighted by Gasteiger charge is 2.22. The molecule has 7 heteroatoms. The summed E-state index contributed by atoms with van der Waals surface area (Å²) in [6, 6.07) is 20.9. The second-order valence-corrected chi connectivity index (χ2v) is 10.1. The van der Waals surface area contributed by atoms with Gasteiger partial charge in [-0.3, -0.25) is 9.59 Å². The predicted octanol–water partition coefficient (Wildman–Crippen LogP) is 5.91. The highest BCUT2D eigenvalue weighted by Crippen LogP contribution is 2.31. The number of hydrogen-bond acceptors (Lipinski definition) is 5. The van der Waals surface area contributed by atoms with E-state index in [4.69, 9.17) is 9.47 Å². The van der Waals surface area contributed by atoms with Gasteiger partial charge in [-0.05, 0) is 47.5 Å². The number of para-hydroxylation sites is 1. The summed E-state index contributed by atoms with van der Waals surface area (Å²) >= 11 is 1.62. The zero-order valence-corrected chi connectivity index (χ0v) is 21.6. The Kier molecular flexibility index (Phi) is 8.82. The van der Waals surface area contributed by atoms with Crippen molar-refractivity contribution in [2.24, 2.45) is 5.41 Å². The van der Waals surface area contributed by atoms with Crippen LogP contribution in [0.5, 0.6) is 11.5 Å². The highest BCUT2D eigenvalue weighted by molar-refractivity contribution is 7.98. The van der Waals surface area contributed by atoms with Crippen molar-refractivity contribution >= 4 is 29.3 Å². The van der Waals surface area contributed by atoms with Gasteiger partial charge in [0, 0.05) is 28.2 Å². The molecule has 2 N–H and O–H groups in total.